The summed E-state index contributed by atoms with van der Waals surface area (Å²) in [5, 5.41) is 6.79. The van der Waals surface area contributed by atoms with Crippen LogP contribution in [0.25, 0.3) is 16.6 Å². The molecule has 1 aliphatic heterocycles. The van der Waals surface area contributed by atoms with Gasteiger partial charge in [-0.25, -0.2) is 8.99 Å². The van der Waals surface area contributed by atoms with Crippen LogP contribution < -0.4 is 5.30 Å². The van der Waals surface area contributed by atoms with Crippen LogP contribution in [-0.4, -0.2) is 20.6 Å². The summed E-state index contributed by atoms with van der Waals surface area (Å²) in [5.74, 6) is 0. The molecular weight excluding hydrogens is 438 g/mol. The lowest BCUT2D eigenvalue weighted by Gasteiger charge is -2.28. The number of rotatable bonds is 3. The summed E-state index contributed by atoms with van der Waals surface area (Å²) >= 11 is 1.50. The van der Waals surface area contributed by atoms with Crippen molar-refractivity contribution >= 4 is 37.4 Å². The van der Waals surface area contributed by atoms with E-state index in [2.05, 4.69) is 42.9 Å². The van der Waals surface area contributed by atoms with Crippen LogP contribution >= 0.6 is 21.2 Å². The number of hydrogen-bond acceptors (Lipinski definition) is 3. The second-order valence-corrected chi connectivity index (χ2v) is 9.39. The molecule has 4 aromatic rings. The number of hydrogen-bond donors (Lipinski definition) is 0. The van der Waals surface area contributed by atoms with Crippen LogP contribution in [0.2, 0.25) is 0 Å². The average Bonchev–Trinajstić information content (AvgIpc) is 3.15. The molecule has 0 amide bonds. The highest BCUT2D eigenvalue weighted by Crippen LogP contribution is 2.34. The standard InChI is InChI=1S/C23H19F3N3PS/c24-23(25,26)18-1-7-21(8-2-18)31-28-10-9-15-12-22-16(11-17(15)14-28)13-27-29(22)19-3-5-20(30)6-4-19/h1-8,11-13H,9-10,14,30H2. The zero-order valence-electron chi connectivity index (χ0n) is 16.4. The van der Waals surface area contributed by atoms with Crippen molar-refractivity contribution in [2.75, 3.05) is 6.54 Å². The number of benzene rings is 3. The first-order valence-electron chi connectivity index (χ1n) is 9.82. The van der Waals surface area contributed by atoms with Crippen molar-refractivity contribution in [2.24, 2.45) is 0 Å². The minimum absolute atomic E-state index is 0.618. The number of fused-ring (bicyclic) bond motifs is 2. The van der Waals surface area contributed by atoms with Crippen molar-refractivity contribution < 1.29 is 13.2 Å². The van der Waals surface area contributed by atoms with Gasteiger partial charge in [-0.15, -0.1) is 9.24 Å². The van der Waals surface area contributed by atoms with Gasteiger partial charge in [0.25, 0.3) is 0 Å². The highest BCUT2D eigenvalue weighted by molar-refractivity contribution is 7.97. The molecule has 0 N–H and O–H groups in total. The molecule has 0 radical (unpaired) electrons. The van der Waals surface area contributed by atoms with Crippen molar-refractivity contribution in [3.63, 3.8) is 0 Å². The highest BCUT2D eigenvalue weighted by atomic mass is 32.2. The van der Waals surface area contributed by atoms with E-state index in [-0.39, 0.29) is 0 Å². The fraction of sp³-hybridized carbons (Fsp3) is 0.174. The summed E-state index contributed by atoms with van der Waals surface area (Å²) in [6.45, 7) is 1.57. The molecule has 158 valence electrons. The maximum atomic E-state index is 12.8. The molecule has 3 nitrogen and oxygen atoms in total. The SMILES string of the molecule is FC(F)(F)c1ccc(SN2CCc3cc4c(cnn4-c4ccc(P)cc4)cc3C2)cc1. The normalized spacial score (nSPS) is 14.7. The number of alkyl halides is 3. The summed E-state index contributed by atoms with van der Waals surface area (Å²) in [7, 11) is 2.69. The van der Waals surface area contributed by atoms with Crippen LogP contribution in [0.3, 0.4) is 0 Å². The van der Waals surface area contributed by atoms with Gasteiger partial charge in [0.05, 0.1) is 23.0 Å². The summed E-state index contributed by atoms with van der Waals surface area (Å²) in [6, 6.07) is 17.9. The third-order valence-corrected chi connectivity index (χ3v) is 6.86. The van der Waals surface area contributed by atoms with E-state index < -0.39 is 11.7 Å². The zero-order chi connectivity index (χ0) is 21.6. The van der Waals surface area contributed by atoms with E-state index in [4.69, 9.17) is 0 Å². The molecule has 1 aromatic heterocycles. The smallest absolute Gasteiger partial charge is 0.242 e. The van der Waals surface area contributed by atoms with Crippen LogP contribution in [-0.2, 0) is 19.1 Å². The van der Waals surface area contributed by atoms with Gasteiger partial charge >= 0.3 is 6.18 Å². The van der Waals surface area contributed by atoms with E-state index in [0.717, 1.165) is 58.4 Å². The van der Waals surface area contributed by atoms with Crippen molar-refractivity contribution in [3.8, 4) is 5.69 Å². The molecule has 5 rings (SSSR count). The lowest BCUT2D eigenvalue weighted by molar-refractivity contribution is -0.137. The van der Waals surface area contributed by atoms with Gasteiger partial charge in [-0.3, -0.25) is 0 Å². The topological polar surface area (TPSA) is 21.1 Å². The maximum absolute atomic E-state index is 12.8. The van der Waals surface area contributed by atoms with Crippen LogP contribution in [0, 0.1) is 0 Å². The van der Waals surface area contributed by atoms with Gasteiger partial charge in [0.2, 0.25) is 0 Å². The zero-order valence-corrected chi connectivity index (χ0v) is 18.4. The molecule has 0 fully saturated rings. The van der Waals surface area contributed by atoms with Crippen molar-refractivity contribution in [1.82, 2.24) is 14.1 Å². The minimum atomic E-state index is -4.30. The number of aromatic nitrogens is 2. The van der Waals surface area contributed by atoms with Crippen LogP contribution in [0.5, 0.6) is 0 Å². The average molecular weight is 457 g/mol. The van der Waals surface area contributed by atoms with Gasteiger partial charge in [-0.05, 0) is 83.3 Å². The lowest BCUT2D eigenvalue weighted by Crippen LogP contribution is -2.24. The van der Waals surface area contributed by atoms with E-state index in [9.17, 15) is 13.2 Å². The predicted molar refractivity (Wildman–Crippen MR) is 122 cm³/mol. The van der Waals surface area contributed by atoms with Gasteiger partial charge in [0, 0.05) is 23.4 Å². The lowest BCUT2D eigenvalue weighted by atomic mass is 9.99. The van der Waals surface area contributed by atoms with E-state index in [1.807, 2.05) is 23.0 Å². The Morgan fingerprint density at radius 3 is 2.39 bits per heavy atom. The summed E-state index contributed by atoms with van der Waals surface area (Å²) in [4.78, 5) is 0.808. The molecular formula is C23H19F3N3PS. The molecule has 0 bridgehead atoms. The first-order chi connectivity index (χ1) is 14.9. The number of halogens is 3. The number of nitrogens with zero attached hydrogens (tertiary/aromatic N) is 3. The first kappa shape index (κ1) is 20.6. The molecule has 3 aromatic carbocycles. The van der Waals surface area contributed by atoms with Crippen molar-refractivity contribution in [1.29, 1.82) is 0 Å². The Morgan fingerprint density at radius 1 is 0.935 bits per heavy atom. The van der Waals surface area contributed by atoms with E-state index in [1.54, 1.807) is 0 Å². The van der Waals surface area contributed by atoms with Crippen LogP contribution in [0.15, 0.2) is 71.8 Å². The minimum Gasteiger partial charge on any atom is -0.242 e. The Bertz CT molecular complexity index is 1230. The second-order valence-electron chi connectivity index (χ2n) is 7.55. The molecule has 1 atom stereocenters. The van der Waals surface area contributed by atoms with E-state index >= 15 is 0 Å². The Balaban J connectivity index is 1.36. The molecule has 0 saturated carbocycles. The van der Waals surface area contributed by atoms with Crippen molar-refractivity contribution in [2.45, 2.75) is 24.0 Å². The quantitative estimate of drug-likeness (QED) is 0.295. The second kappa shape index (κ2) is 7.97. The van der Waals surface area contributed by atoms with Crippen LogP contribution in [0.1, 0.15) is 16.7 Å². The van der Waals surface area contributed by atoms with Gasteiger partial charge in [0.15, 0.2) is 0 Å². The molecule has 31 heavy (non-hydrogen) atoms. The first-order valence-corrected chi connectivity index (χ1v) is 11.2. The van der Waals surface area contributed by atoms with Crippen LogP contribution in [0.4, 0.5) is 13.2 Å². The maximum Gasteiger partial charge on any atom is 0.416 e. The molecule has 0 spiro atoms. The third kappa shape index (κ3) is 4.22. The Labute approximate surface area is 184 Å². The molecule has 0 aliphatic carbocycles. The molecule has 0 saturated heterocycles. The Morgan fingerprint density at radius 2 is 1.68 bits per heavy atom. The highest BCUT2D eigenvalue weighted by Gasteiger charge is 2.30. The fourth-order valence-electron chi connectivity index (χ4n) is 3.81. The monoisotopic (exact) mass is 457 g/mol. The molecule has 8 heteroatoms. The summed E-state index contributed by atoms with van der Waals surface area (Å²) < 4.78 is 42.5. The van der Waals surface area contributed by atoms with Gasteiger partial charge < -0.3 is 0 Å². The van der Waals surface area contributed by atoms with Gasteiger partial charge in [0.1, 0.15) is 0 Å². The largest absolute Gasteiger partial charge is 0.416 e. The predicted octanol–water partition coefficient (Wildman–Crippen LogP) is 5.61. The molecule has 2 heterocycles. The Hall–Kier alpha value is -2.34. The molecule has 1 aliphatic rings. The summed E-state index contributed by atoms with van der Waals surface area (Å²) in [5.41, 5.74) is 4.02. The summed E-state index contributed by atoms with van der Waals surface area (Å²) in [6.07, 6.45) is -1.54. The van der Waals surface area contributed by atoms with E-state index in [0.29, 0.717) is 0 Å². The van der Waals surface area contributed by atoms with Crippen molar-refractivity contribution in [3.05, 3.63) is 83.6 Å². The van der Waals surface area contributed by atoms with Gasteiger partial charge in [-0.2, -0.15) is 18.3 Å². The molecule has 1 unspecified atom stereocenters. The Kier molecular flexibility index (Phi) is 5.29. The third-order valence-electron chi connectivity index (χ3n) is 5.42. The van der Waals surface area contributed by atoms with E-state index in [1.165, 1.54) is 35.2 Å². The van der Waals surface area contributed by atoms with Gasteiger partial charge in [-0.1, -0.05) is 12.1 Å². The fourth-order valence-corrected chi connectivity index (χ4v) is 4.95.